The third kappa shape index (κ3) is 4.25. The number of allylic oxidation sites excluding steroid dienone is 1. The summed E-state index contributed by atoms with van der Waals surface area (Å²) in [6, 6.07) is 4.35. The van der Waals surface area contributed by atoms with Crippen LogP contribution in [0.15, 0.2) is 43.5 Å². The maximum atomic E-state index is 14.3. The minimum atomic E-state index is -1.17. The van der Waals surface area contributed by atoms with Gasteiger partial charge in [0.2, 0.25) is 5.91 Å². The Morgan fingerprint density at radius 1 is 1.36 bits per heavy atom. The molecule has 194 valence electrons. The van der Waals surface area contributed by atoms with Gasteiger partial charge in [-0.3, -0.25) is 14.4 Å². The van der Waals surface area contributed by atoms with Crippen molar-refractivity contribution >= 4 is 35.1 Å². The van der Waals surface area contributed by atoms with Gasteiger partial charge in [0, 0.05) is 13.1 Å². The predicted molar refractivity (Wildman–Crippen MR) is 136 cm³/mol. The molecule has 3 saturated heterocycles. The van der Waals surface area contributed by atoms with Crippen LogP contribution >= 0.6 is 11.6 Å². The molecule has 2 bridgehead atoms. The molecule has 0 aromatic heterocycles. The highest BCUT2D eigenvalue weighted by Gasteiger charge is 2.75. The number of fused-ring (bicyclic) bond motifs is 1. The molecule has 5 atom stereocenters. The fourth-order valence-electron chi connectivity index (χ4n) is 6.08. The van der Waals surface area contributed by atoms with Crippen LogP contribution in [0.25, 0.3) is 0 Å². The fraction of sp³-hybridized carbons (Fsp3) is 0.519. The Morgan fingerprint density at radius 2 is 2.14 bits per heavy atom. The van der Waals surface area contributed by atoms with Crippen LogP contribution < -0.4 is 4.90 Å². The molecular formula is C27H33ClN2O6. The Hall–Kier alpha value is -2.68. The number of hydrogen-bond donors (Lipinski definition) is 1. The van der Waals surface area contributed by atoms with Crippen LogP contribution in [0.5, 0.6) is 0 Å². The number of β-amino-alcohol motifs (C(OH)–C–C–N with tert-alkyl or cyclic N) is 1. The fourth-order valence-corrected chi connectivity index (χ4v) is 6.40. The number of aliphatic hydroxyl groups is 1. The zero-order valence-electron chi connectivity index (χ0n) is 20.5. The van der Waals surface area contributed by atoms with Gasteiger partial charge in [-0.2, -0.15) is 0 Å². The van der Waals surface area contributed by atoms with E-state index in [1.54, 1.807) is 24.3 Å². The molecule has 2 amide bonds. The van der Waals surface area contributed by atoms with E-state index >= 15 is 0 Å². The van der Waals surface area contributed by atoms with E-state index in [0.29, 0.717) is 36.4 Å². The highest BCUT2D eigenvalue weighted by atomic mass is 35.5. The number of carbonyl (C=O) groups is 3. The average molecular weight is 517 g/mol. The van der Waals surface area contributed by atoms with Gasteiger partial charge in [-0.25, -0.2) is 0 Å². The maximum absolute atomic E-state index is 14.3. The first-order chi connectivity index (χ1) is 17.3. The Bertz CT molecular complexity index is 1040. The number of halogens is 1. The van der Waals surface area contributed by atoms with E-state index in [4.69, 9.17) is 21.1 Å². The molecule has 1 aromatic carbocycles. The van der Waals surface area contributed by atoms with Crippen LogP contribution in [-0.4, -0.2) is 71.8 Å². The van der Waals surface area contributed by atoms with Crippen LogP contribution in [0.4, 0.5) is 5.69 Å². The molecule has 4 rings (SSSR count). The van der Waals surface area contributed by atoms with Crippen molar-refractivity contribution < 1.29 is 29.0 Å². The van der Waals surface area contributed by atoms with Gasteiger partial charge < -0.3 is 24.4 Å². The quantitative estimate of drug-likeness (QED) is 0.276. The molecule has 1 aromatic rings. The van der Waals surface area contributed by atoms with Gasteiger partial charge in [-0.15, -0.1) is 13.2 Å². The van der Waals surface area contributed by atoms with Crippen molar-refractivity contribution in [1.29, 1.82) is 0 Å². The number of likely N-dealkylation sites (tertiary alicyclic amines) is 1. The van der Waals surface area contributed by atoms with E-state index in [1.807, 2.05) is 13.0 Å². The summed E-state index contributed by atoms with van der Waals surface area (Å²) in [4.78, 5) is 44.0. The minimum Gasteiger partial charge on any atom is -0.465 e. The molecule has 0 aliphatic carbocycles. The Kier molecular flexibility index (Phi) is 7.87. The van der Waals surface area contributed by atoms with Crippen LogP contribution in [0, 0.1) is 18.8 Å². The number of para-hydroxylation sites is 1. The van der Waals surface area contributed by atoms with Crippen LogP contribution in [0.2, 0.25) is 5.02 Å². The number of benzene rings is 1. The van der Waals surface area contributed by atoms with Crippen LogP contribution in [0.1, 0.15) is 31.2 Å². The summed E-state index contributed by atoms with van der Waals surface area (Å²) in [5.41, 5.74) is 0.154. The topological polar surface area (TPSA) is 96.4 Å². The molecule has 3 fully saturated rings. The maximum Gasteiger partial charge on any atom is 0.312 e. The van der Waals surface area contributed by atoms with E-state index in [-0.39, 0.29) is 38.1 Å². The van der Waals surface area contributed by atoms with Crippen molar-refractivity contribution in [3.8, 4) is 0 Å². The average Bonchev–Trinajstić information content (AvgIpc) is 3.49. The molecule has 0 saturated carbocycles. The number of aliphatic hydroxyl groups excluding tert-OH is 1. The normalized spacial score (nSPS) is 28.2. The lowest BCUT2D eigenvalue weighted by molar-refractivity contribution is -0.155. The minimum absolute atomic E-state index is 0.0496. The number of nitrogens with zero attached hydrogens (tertiary/aromatic N) is 2. The van der Waals surface area contributed by atoms with Gasteiger partial charge in [0.15, 0.2) is 0 Å². The van der Waals surface area contributed by atoms with Gasteiger partial charge >= 0.3 is 5.97 Å². The number of aryl methyl sites for hydroxylation is 1. The van der Waals surface area contributed by atoms with E-state index < -0.39 is 35.6 Å². The molecule has 0 radical (unpaired) electrons. The number of unbranched alkanes of at least 4 members (excludes halogenated alkanes) is 1. The third-order valence-electron chi connectivity index (χ3n) is 7.48. The molecule has 9 heteroatoms. The summed E-state index contributed by atoms with van der Waals surface area (Å²) in [6.07, 6.45) is 5.21. The van der Waals surface area contributed by atoms with Crippen LogP contribution in [-0.2, 0) is 23.9 Å². The van der Waals surface area contributed by atoms with Crippen LogP contribution in [0.3, 0.4) is 0 Å². The zero-order valence-corrected chi connectivity index (χ0v) is 21.3. The number of esters is 1. The van der Waals surface area contributed by atoms with Crippen molar-refractivity contribution in [2.45, 2.75) is 50.4 Å². The summed E-state index contributed by atoms with van der Waals surface area (Å²) in [6.45, 7) is 9.33. The molecule has 1 N–H and O–H groups in total. The number of anilines is 1. The predicted octanol–water partition coefficient (Wildman–Crippen LogP) is 3.04. The lowest BCUT2D eigenvalue weighted by Crippen LogP contribution is -2.57. The number of carbonyl (C=O) groups excluding carboxylic acids is 3. The SMILES string of the molecule is C=CCCCOC(=O)[C@@H]1[C@H]2C(=O)N(CCO)C(C(=O)N(CC=C)c3c(C)cccc3Cl)C23CC[C@H]1O3. The van der Waals surface area contributed by atoms with Gasteiger partial charge in [0.25, 0.3) is 5.91 Å². The second kappa shape index (κ2) is 10.7. The molecule has 1 spiro atoms. The molecular weight excluding hydrogens is 484 g/mol. The van der Waals surface area contributed by atoms with Crippen molar-refractivity contribution in [3.63, 3.8) is 0 Å². The molecule has 3 aliphatic heterocycles. The molecule has 3 heterocycles. The molecule has 36 heavy (non-hydrogen) atoms. The van der Waals surface area contributed by atoms with Crippen molar-refractivity contribution in [3.05, 3.63) is 54.1 Å². The number of ether oxygens (including phenoxy) is 2. The zero-order chi connectivity index (χ0) is 26.0. The molecule has 8 nitrogen and oxygen atoms in total. The van der Waals surface area contributed by atoms with Crippen molar-refractivity contribution in [2.75, 3.05) is 31.2 Å². The summed E-state index contributed by atoms with van der Waals surface area (Å²) in [5, 5.41) is 10.2. The van der Waals surface area contributed by atoms with Crippen molar-refractivity contribution in [2.24, 2.45) is 11.8 Å². The number of amides is 2. The smallest absolute Gasteiger partial charge is 0.312 e. The highest BCUT2D eigenvalue weighted by molar-refractivity contribution is 6.34. The molecule has 2 unspecified atom stereocenters. The first-order valence-corrected chi connectivity index (χ1v) is 12.7. The van der Waals surface area contributed by atoms with Gasteiger partial charge in [0.1, 0.15) is 11.6 Å². The summed E-state index contributed by atoms with van der Waals surface area (Å²) < 4.78 is 11.9. The highest BCUT2D eigenvalue weighted by Crippen LogP contribution is 2.59. The monoisotopic (exact) mass is 516 g/mol. The Morgan fingerprint density at radius 3 is 2.81 bits per heavy atom. The lowest BCUT2D eigenvalue weighted by atomic mass is 9.70. The summed E-state index contributed by atoms with van der Waals surface area (Å²) in [5.74, 6) is -2.86. The van der Waals surface area contributed by atoms with Gasteiger partial charge in [-0.1, -0.05) is 35.9 Å². The number of rotatable bonds is 11. The molecule has 3 aliphatic rings. The first-order valence-electron chi connectivity index (χ1n) is 12.4. The second-order valence-corrected chi connectivity index (χ2v) is 9.96. The van der Waals surface area contributed by atoms with Crippen molar-refractivity contribution in [1.82, 2.24) is 4.90 Å². The second-order valence-electron chi connectivity index (χ2n) is 9.55. The third-order valence-corrected chi connectivity index (χ3v) is 7.79. The van der Waals surface area contributed by atoms with E-state index in [9.17, 15) is 19.5 Å². The lowest BCUT2D eigenvalue weighted by Gasteiger charge is -2.37. The van der Waals surface area contributed by atoms with E-state index in [0.717, 1.165) is 5.56 Å². The van der Waals surface area contributed by atoms with E-state index in [2.05, 4.69) is 13.2 Å². The largest absolute Gasteiger partial charge is 0.465 e. The standard InChI is InChI=1S/C27H33ClN2O6/c1-4-6-7-16-35-26(34)20-19-11-12-27(36-19)21(20)24(32)30(14-15-31)23(27)25(33)29(13-5-2)22-17(3)9-8-10-18(22)28/h4-5,8-10,19-21,23,31H,1-2,6-7,11-16H2,3H3/t19-,20+,21+,23?,27?/m1/s1. The Balaban J connectivity index is 1.71. The summed E-state index contributed by atoms with van der Waals surface area (Å²) in [7, 11) is 0. The van der Waals surface area contributed by atoms with E-state index in [1.165, 1.54) is 9.80 Å². The number of hydrogen-bond acceptors (Lipinski definition) is 6. The summed E-state index contributed by atoms with van der Waals surface area (Å²) >= 11 is 6.51. The first kappa shape index (κ1) is 26.4. The Labute approximate surface area is 216 Å². The van der Waals surface area contributed by atoms with Gasteiger partial charge in [0.05, 0.1) is 41.9 Å². The van der Waals surface area contributed by atoms with Gasteiger partial charge in [-0.05, 0) is 44.2 Å².